The summed E-state index contributed by atoms with van der Waals surface area (Å²) in [6.07, 6.45) is 3.48. The van der Waals surface area contributed by atoms with Crippen LogP contribution in [-0.4, -0.2) is 25.5 Å². The van der Waals surface area contributed by atoms with E-state index in [4.69, 9.17) is 14.3 Å². The Kier molecular flexibility index (Phi) is 11.1. The van der Waals surface area contributed by atoms with E-state index in [9.17, 15) is 8.78 Å². The second-order valence-corrected chi connectivity index (χ2v) is 6.36. The highest BCUT2D eigenvalue weighted by Crippen LogP contribution is 2.31. The normalized spacial score (nSPS) is 10.3. The monoisotopic (exact) mass is 383 g/mol. The summed E-state index contributed by atoms with van der Waals surface area (Å²) in [5.74, 6) is 1.49. The second kappa shape index (κ2) is 13.1. The molecule has 4 nitrogen and oxygen atoms in total. The zero-order chi connectivity index (χ0) is 20.1. The van der Waals surface area contributed by atoms with Gasteiger partial charge in [-0.05, 0) is 69.2 Å². The Labute approximate surface area is 161 Å². The average molecular weight is 383 g/mol. The molecular weight excluding hydrogens is 352 g/mol. The third-order valence-corrected chi connectivity index (χ3v) is 3.84. The van der Waals surface area contributed by atoms with Gasteiger partial charge in [-0.25, -0.2) is 0 Å². The Morgan fingerprint density at radius 3 is 2.15 bits per heavy atom. The van der Waals surface area contributed by atoms with Crippen molar-refractivity contribution in [3.05, 3.63) is 35.4 Å². The largest absolute Gasteiger partial charge is 0.493 e. The molecule has 0 N–H and O–H groups in total. The molecule has 0 aromatic heterocycles. The molecule has 152 valence electrons. The molecule has 0 bridgehead atoms. The molecule has 0 aliphatic heterocycles. The third-order valence-electron chi connectivity index (χ3n) is 3.84. The molecule has 0 saturated heterocycles. The minimum atomic E-state index is -1.73. The standard InChI is InChI=1S/C21H31F2NO3/c1-5-17-14-19(25-13-10-20(22)23)15-18(6-2)21(17)26-11-8-7-9-12-27-24-16(3)4/h10,14-15H,5-9,11-13H2,1-4H3. The van der Waals surface area contributed by atoms with Crippen molar-refractivity contribution in [1.29, 1.82) is 0 Å². The van der Waals surface area contributed by atoms with Crippen molar-refractivity contribution < 1.29 is 23.1 Å². The highest BCUT2D eigenvalue weighted by Gasteiger charge is 2.11. The van der Waals surface area contributed by atoms with Crippen molar-refractivity contribution in [2.45, 2.75) is 59.8 Å². The molecule has 0 heterocycles. The van der Waals surface area contributed by atoms with Crippen LogP contribution in [0.2, 0.25) is 0 Å². The van der Waals surface area contributed by atoms with E-state index < -0.39 is 6.08 Å². The minimum Gasteiger partial charge on any atom is -0.493 e. The van der Waals surface area contributed by atoms with Crippen LogP contribution < -0.4 is 9.47 Å². The highest BCUT2D eigenvalue weighted by atomic mass is 19.3. The Morgan fingerprint density at radius 1 is 0.963 bits per heavy atom. The van der Waals surface area contributed by atoms with Crippen LogP contribution in [0.15, 0.2) is 29.4 Å². The number of ether oxygens (including phenoxy) is 2. The van der Waals surface area contributed by atoms with Gasteiger partial charge in [-0.15, -0.1) is 0 Å². The van der Waals surface area contributed by atoms with E-state index >= 15 is 0 Å². The number of halogens is 2. The summed E-state index contributed by atoms with van der Waals surface area (Å²) >= 11 is 0. The topological polar surface area (TPSA) is 40.0 Å². The molecule has 0 unspecified atom stereocenters. The number of unbranched alkanes of at least 4 members (excludes halogenated alkanes) is 2. The molecule has 0 spiro atoms. The zero-order valence-electron chi connectivity index (χ0n) is 16.8. The summed E-state index contributed by atoms with van der Waals surface area (Å²) in [6.45, 7) is 8.99. The molecule has 0 aliphatic carbocycles. The quantitative estimate of drug-likeness (QED) is 0.241. The number of oxime groups is 1. The summed E-state index contributed by atoms with van der Waals surface area (Å²) < 4.78 is 35.7. The lowest BCUT2D eigenvalue weighted by atomic mass is 10.0. The molecule has 0 radical (unpaired) electrons. The van der Waals surface area contributed by atoms with E-state index in [2.05, 4.69) is 5.16 Å². The van der Waals surface area contributed by atoms with Gasteiger partial charge in [0.05, 0.1) is 12.3 Å². The Morgan fingerprint density at radius 2 is 1.59 bits per heavy atom. The maximum Gasteiger partial charge on any atom is 0.269 e. The SMILES string of the molecule is CCc1cc(OCC=C(F)F)cc(CC)c1OCCCCCON=C(C)C. The van der Waals surface area contributed by atoms with Crippen molar-refractivity contribution in [3.8, 4) is 11.5 Å². The van der Waals surface area contributed by atoms with Gasteiger partial charge in [0.15, 0.2) is 0 Å². The van der Waals surface area contributed by atoms with E-state index in [1.807, 2.05) is 39.8 Å². The first-order valence-corrected chi connectivity index (χ1v) is 9.53. The van der Waals surface area contributed by atoms with Crippen molar-refractivity contribution in [2.24, 2.45) is 5.16 Å². The number of hydrogen-bond donors (Lipinski definition) is 0. The summed E-state index contributed by atoms with van der Waals surface area (Å²) in [7, 11) is 0. The van der Waals surface area contributed by atoms with Crippen LogP contribution in [0.25, 0.3) is 0 Å². The summed E-state index contributed by atoms with van der Waals surface area (Å²) in [6, 6.07) is 3.74. The number of hydrogen-bond acceptors (Lipinski definition) is 4. The Balaban J connectivity index is 2.55. The number of benzene rings is 1. The van der Waals surface area contributed by atoms with Crippen LogP contribution in [0.3, 0.4) is 0 Å². The van der Waals surface area contributed by atoms with Crippen molar-refractivity contribution >= 4 is 5.71 Å². The fourth-order valence-corrected chi connectivity index (χ4v) is 2.51. The van der Waals surface area contributed by atoms with Crippen LogP contribution >= 0.6 is 0 Å². The number of rotatable bonds is 13. The van der Waals surface area contributed by atoms with Crippen LogP contribution in [-0.2, 0) is 17.7 Å². The zero-order valence-corrected chi connectivity index (χ0v) is 16.8. The molecule has 0 aliphatic rings. The summed E-state index contributed by atoms with van der Waals surface area (Å²) in [5, 5.41) is 3.90. The Bertz CT molecular complexity index is 597. The van der Waals surface area contributed by atoms with Crippen molar-refractivity contribution in [1.82, 2.24) is 0 Å². The smallest absolute Gasteiger partial charge is 0.269 e. The predicted octanol–water partition coefficient (Wildman–Crippen LogP) is 5.93. The minimum absolute atomic E-state index is 0.140. The van der Waals surface area contributed by atoms with Gasteiger partial charge < -0.3 is 14.3 Å². The summed E-state index contributed by atoms with van der Waals surface area (Å²) in [4.78, 5) is 5.18. The lowest BCUT2D eigenvalue weighted by Crippen LogP contribution is -2.05. The molecule has 0 saturated carbocycles. The van der Waals surface area contributed by atoms with E-state index in [1.54, 1.807) is 0 Å². The van der Waals surface area contributed by atoms with E-state index in [-0.39, 0.29) is 6.61 Å². The van der Waals surface area contributed by atoms with Gasteiger partial charge in [0.1, 0.15) is 24.7 Å². The van der Waals surface area contributed by atoms with Crippen LogP contribution in [0, 0.1) is 0 Å². The molecule has 1 aromatic carbocycles. The van der Waals surface area contributed by atoms with Gasteiger partial charge in [0.2, 0.25) is 0 Å². The third kappa shape index (κ3) is 9.40. The lowest BCUT2D eigenvalue weighted by Gasteiger charge is -2.17. The molecule has 27 heavy (non-hydrogen) atoms. The average Bonchev–Trinajstić information content (AvgIpc) is 2.63. The highest BCUT2D eigenvalue weighted by molar-refractivity contribution is 5.78. The molecule has 0 amide bonds. The van der Waals surface area contributed by atoms with Gasteiger partial charge in [0, 0.05) is 6.08 Å². The van der Waals surface area contributed by atoms with Crippen LogP contribution in [0.1, 0.15) is 58.1 Å². The molecule has 1 rings (SSSR count). The first-order valence-electron chi connectivity index (χ1n) is 9.53. The maximum absolute atomic E-state index is 12.1. The van der Waals surface area contributed by atoms with E-state index in [0.29, 0.717) is 19.0 Å². The number of nitrogens with zero attached hydrogens (tertiary/aromatic N) is 1. The van der Waals surface area contributed by atoms with Crippen LogP contribution in [0.4, 0.5) is 8.78 Å². The summed E-state index contributed by atoms with van der Waals surface area (Å²) in [5.41, 5.74) is 2.98. The first-order chi connectivity index (χ1) is 13.0. The lowest BCUT2D eigenvalue weighted by molar-refractivity contribution is 0.138. The van der Waals surface area contributed by atoms with Gasteiger partial charge >= 0.3 is 0 Å². The van der Waals surface area contributed by atoms with Gasteiger partial charge in [-0.1, -0.05) is 19.0 Å². The van der Waals surface area contributed by atoms with Crippen molar-refractivity contribution in [2.75, 3.05) is 19.8 Å². The molecule has 6 heteroatoms. The van der Waals surface area contributed by atoms with Crippen LogP contribution in [0.5, 0.6) is 11.5 Å². The first kappa shape index (κ1) is 22.9. The second-order valence-electron chi connectivity index (χ2n) is 6.36. The van der Waals surface area contributed by atoms with E-state index in [0.717, 1.165) is 60.8 Å². The fourth-order valence-electron chi connectivity index (χ4n) is 2.51. The molecular formula is C21H31F2NO3. The van der Waals surface area contributed by atoms with Crippen molar-refractivity contribution in [3.63, 3.8) is 0 Å². The fraction of sp³-hybridized carbons (Fsp3) is 0.571. The number of aryl methyl sites for hydroxylation is 2. The van der Waals surface area contributed by atoms with Gasteiger partial charge in [-0.2, -0.15) is 8.78 Å². The van der Waals surface area contributed by atoms with Gasteiger partial charge in [-0.3, -0.25) is 0 Å². The van der Waals surface area contributed by atoms with Gasteiger partial charge in [0.25, 0.3) is 6.08 Å². The molecule has 0 atom stereocenters. The maximum atomic E-state index is 12.1. The molecule has 1 aromatic rings. The van der Waals surface area contributed by atoms with E-state index in [1.165, 1.54) is 0 Å². The molecule has 0 fully saturated rings. The predicted molar refractivity (Wildman–Crippen MR) is 105 cm³/mol. The Hall–Kier alpha value is -2.11.